The summed E-state index contributed by atoms with van der Waals surface area (Å²) in [4.78, 5) is 4.79. The van der Waals surface area contributed by atoms with Gasteiger partial charge in [-0.2, -0.15) is 9.61 Å². The Balaban J connectivity index is 1.95. The van der Waals surface area contributed by atoms with Crippen LogP contribution in [-0.4, -0.2) is 42.6 Å². The van der Waals surface area contributed by atoms with Crippen molar-refractivity contribution >= 4 is 30.5 Å². The highest BCUT2D eigenvalue weighted by molar-refractivity contribution is 6.36. The molecule has 0 radical (unpaired) electrons. The molecule has 0 amide bonds. The molecule has 0 aliphatic rings. The number of hydrogen-bond acceptors (Lipinski definition) is 5. The molecule has 2 heterocycles. The van der Waals surface area contributed by atoms with Gasteiger partial charge in [-0.05, 0) is 37.5 Å². The Morgan fingerprint density at radius 2 is 2.12 bits per heavy atom. The first kappa shape index (κ1) is 18.3. The van der Waals surface area contributed by atoms with Gasteiger partial charge in [0.2, 0.25) is 0 Å². The third-order valence-corrected chi connectivity index (χ3v) is 4.84. The van der Waals surface area contributed by atoms with Gasteiger partial charge in [0.1, 0.15) is 13.7 Å². The predicted octanol–water partition coefficient (Wildman–Crippen LogP) is 1.28. The first-order valence-corrected chi connectivity index (χ1v) is 9.22. The molecule has 3 rings (SSSR count). The molecule has 4 N–H and O–H groups in total. The second-order valence-electron chi connectivity index (χ2n) is 6.72. The minimum Gasteiger partial charge on any atom is -0.398 e. The highest BCUT2D eigenvalue weighted by Crippen LogP contribution is 2.26. The first-order chi connectivity index (χ1) is 12.6. The van der Waals surface area contributed by atoms with Crippen molar-refractivity contribution in [3.8, 4) is 11.3 Å². The fraction of sp³-hybridized carbons (Fsp3) is 0.368. The molecule has 1 atom stereocenters. The van der Waals surface area contributed by atoms with Gasteiger partial charge in [-0.25, -0.2) is 4.98 Å². The van der Waals surface area contributed by atoms with E-state index in [1.165, 1.54) is 0 Å². The standard InChI is InChI=1S/C19H27BN6/c1-3-13(8-9-22-2)11-23-18-10-17(14-6-4-5-7-16(14)21)25-19-15(20)12-24-26(18)19/h4-7,10,12-13,22-23H,3,8-9,11,20-21H2,1-2H3. The van der Waals surface area contributed by atoms with Crippen molar-refractivity contribution in [3.63, 3.8) is 0 Å². The summed E-state index contributed by atoms with van der Waals surface area (Å²) in [5, 5.41) is 11.3. The zero-order valence-electron chi connectivity index (χ0n) is 15.8. The molecule has 0 aliphatic carbocycles. The van der Waals surface area contributed by atoms with Crippen LogP contribution in [0.4, 0.5) is 11.5 Å². The molecule has 0 spiro atoms. The number of nitrogens with one attached hydrogen (secondary N) is 2. The molecule has 136 valence electrons. The van der Waals surface area contributed by atoms with Gasteiger partial charge in [0.25, 0.3) is 0 Å². The summed E-state index contributed by atoms with van der Waals surface area (Å²) in [7, 11) is 4.02. The van der Waals surface area contributed by atoms with E-state index >= 15 is 0 Å². The Labute approximate surface area is 155 Å². The summed E-state index contributed by atoms with van der Waals surface area (Å²) in [6.07, 6.45) is 4.13. The minimum atomic E-state index is 0.604. The van der Waals surface area contributed by atoms with Crippen LogP contribution in [0.15, 0.2) is 36.5 Å². The van der Waals surface area contributed by atoms with Crippen LogP contribution < -0.4 is 21.8 Å². The van der Waals surface area contributed by atoms with Gasteiger partial charge < -0.3 is 16.4 Å². The quantitative estimate of drug-likeness (QED) is 0.421. The van der Waals surface area contributed by atoms with E-state index in [1.54, 1.807) is 0 Å². The van der Waals surface area contributed by atoms with Gasteiger partial charge in [-0.3, -0.25) is 0 Å². The topological polar surface area (TPSA) is 80.3 Å². The Morgan fingerprint density at radius 1 is 1.31 bits per heavy atom. The van der Waals surface area contributed by atoms with Crippen molar-refractivity contribution in [2.45, 2.75) is 19.8 Å². The summed E-state index contributed by atoms with van der Waals surface area (Å²) in [6.45, 7) is 4.16. The van der Waals surface area contributed by atoms with Crippen LogP contribution in [0.2, 0.25) is 0 Å². The summed E-state index contributed by atoms with van der Waals surface area (Å²) >= 11 is 0. The predicted molar refractivity (Wildman–Crippen MR) is 112 cm³/mol. The van der Waals surface area contributed by atoms with Crippen molar-refractivity contribution in [2.24, 2.45) is 5.92 Å². The maximum absolute atomic E-state index is 6.17. The summed E-state index contributed by atoms with van der Waals surface area (Å²) in [5.41, 5.74) is 10.6. The molecule has 1 aromatic carbocycles. The van der Waals surface area contributed by atoms with E-state index in [9.17, 15) is 0 Å². The maximum Gasteiger partial charge on any atom is 0.151 e. The molecule has 0 bridgehead atoms. The smallest absolute Gasteiger partial charge is 0.151 e. The molecule has 7 heteroatoms. The SMILES string of the molecule is Bc1cnn2c(NCC(CC)CCNC)cc(-c3ccccc3N)nc12. The lowest BCUT2D eigenvalue weighted by Crippen LogP contribution is -2.20. The Morgan fingerprint density at radius 3 is 2.85 bits per heavy atom. The second kappa shape index (κ2) is 8.23. The van der Waals surface area contributed by atoms with Crippen molar-refractivity contribution in [1.29, 1.82) is 0 Å². The van der Waals surface area contributed by atoms with Gasteiger partial charge in [-0.15, -0.1) is 0 Å². The van der Waals surface area contributed by atoms with Crippen molar-refractivity contribution in [1.82, 2.24) is 19.9 Å². The molecule has 6 nitrogen and oxygen atoms in total. The van der Waals surface area contributed by atoms with E-state index in [1.807, 2.05) is 55.9 Å². The van der Waals surface area contributed by atoms with Crippen LogP contribution in [0, 0.1) is 5.92 Å². The van der Waals surface area contributed by atoms with E-state index < -0.39 is 0 Å². The number of nitrogens with two attached hydrogens (primary N) is 1. The molecule has 0 saturated heterocycles. The summed E-state index contributed by atoms with van der Waals surface area (Å²) in [5.74, 6) is 1.55. The third-order valence-electron chi connectivity index (χ3n) is 4.84. The lowest BCUT2D eigenvalue weighted by molar-refractivity contribution is 0.482. The fourth-order valence-corrected chi connectivity index (χ4v) is 3.11. The molecule has 3 aromatic rings. The van der Waals surface area contributed by atoms with Crippen LogP contribution in [0.3, 0.4) is 0 Å². The Kier molecular flexibility index (Phi) is 5.78. The van der Waals surface area contributed by atoms with Crippen LogP contribution in [0.25, 0.3) is 16.9 Å². The van der Waals surface area contributed by atoms with E-state index in [0.29, 0.717) is 5.92 Å². The second-order valence-corrected chi connectivity index (χ2v) is 6.72. The lowest BCUT2D eigenvalue weighted by atomic mass is 10.0. The van der Waals surface area contributed by atoms with Crippen LogP contribution in [0.1, 0.15) is 19.8 Å². The van der Waals surface area contributed by atoms with Crippen LogP contribution in [0.5, 0.6) is 0 Å². The Bertz CT molecular complexity index is 876. The monoisotopic (exact) mass is 350 g/mol. The van der Waals surface area contributed by atoms with Gasteiger partial charge in [0.15, 0.2) is 5.65 Å². The highest BCUT2D eigenvalue weighted by Gasteiger charge is 2.13. The summed E-state index contributed by atoms with van der Waals surface area (Å²) in [6, 6.07) is 9.87. The Hall–Kier alpha value is -2.54. The normalized spacial score (nSPS) is 12.4. The molecular formula is C19H27BN6. The zero-order valence-corrected chi connectivity index (χ0v) is 15.8. The number of hydrogen-bond donors (Lipinski definition) is 3. The average Bonchev–Trinajstić information content (AvgIpc) is 3.03. The van der Waals surface area contributed by atoms with Gasteiger partial charge in [0.05, 0.1) is 5.69 Å². The highest BCUT2D eigenvalue weighted by atomic mass is 15.3. The molecule has 0 aliphatic heterocycles. The number of benzene rings is 1. The van der Waals surface area contributed by atoms with Crippen LogP contribution in [-0.2, 0) is 0 Å². The molecule has 26 heavy (non-hydrogen) atoms. The minimum absolute atomic E-state index is 0.604. The largest absolute Gasteiger partial charge is 0.398 e. The number of para-hydroxylation sites is 1. The fourth-order valence-electron chi connectivity index (χ4n) is 3.11. The first-order valence-electron chi connectivity index (χ1n) is 9.22. The van der Waals surface area contributed by atoms with Gasteiger partial charge >= 0.3 is 0 Å². The number of fused-ring (bicyclic) bond motifs is 1. The van der Waals surface area contributed by atoms with E-state index in [-0.39, 0.29) is 0 Å². The number of nitrogen functional groups attached to an aromatic ring is 1. The van der Waals surface area contributed by atoms with E-state index in [2.05, 4.69) is 22.7 Å². The van der Waals surface area contributed by atoms with Crippen molar-refractivity contribution in [2.75, 3.05) is 31.2 Å². The van der Waals surface area contributed by atoms with Gasteiger partial charge in [-0.1, -0.05) is 31.5 Å². The number of aromatic nitrogens is 3. The van der Waals surface area contributed by atoms with Gasteiger partial charge in [0, 0.05) is 30.1 Å². The average molecular weight is 350 g/mol. The van der Waals surface area contributed by atoms with E-state index in [0.717, 1.165) is 59.8 Å². The summed E-state index contributed by atoms with van der Waals surface area (Å²) < 4.78 is 1.88. The number of rotatable bonds is 8. The maximum atomic E-state index is 6.17. The third kappa shape index (κ3) is 3.83. The molecule has 1 unspecified atom stereocenters. The molecular weight excluding hydrogens is 323 g/mol. The van der Waals surface area contributed by atoms with Crippen LogP contribution >= 0.6 is 0 Å². The lowest BCUT2D eigenvalue weighted by Gasteiger charge is -2.17. The molecule has 2 aromatic heterocycles. The molecule has 0 fully saturated rings. The van der Waals surface area contributed by atoms with Crippen molar-refractivity contribution in [3.05, 3.63) is 36.5 Å². The zero-order chi connectivity index (χ0) is 18.5. The van der Waals surface area contributed by atoms with Crippen molar-refractivity contribution < 1.29 is 0 Å². The van der Waals surface area contributed by atoms with E-state index in [4.69, 9.17) is 10.7 Å². The number of nitrogens with zero attached hydrogens (tertiary/aromatic N) is 3. The molecule has 0 saturated carbocycles. The number of anilines is 2.